The normalized spacial score (nSPS) is 13.4. The first-order chi connectivity index (χ1) is 55.3. The van der Waals surface area contributed by atoms with Crippen LogP contribution in [-0.2, 0) is 32.5 Å². The van der Waals surface area contributed by atoms with Gasteiger partial charge in [-0.25, -0.2) is 0 Å². The lowest BCUT2D eigenvalue weighted by molar-refractivity contribution is 0.590. The molecule has 3 nitrogen and oxygen atoms in total. The predicted octanol–water partition coefficient (Wildman–Crippen LogP) is 29.6. The molecule has 0 spiro atoms. The molecule has 570 valence electrons. The molecule has 0 fully saturated rings. The zero-order valence-corrected chi connectivity index (χ0v) is 70.8. The summed E-state index contributed by atoms with van der Waals surface area (Å²) in [6.07, 6.45) is 0. The Kier molecular flexibility index (Phi) is 17.1. The van der Waals surface area contributed by atoms with Crippen LogP contribution >= 0.6 is 0 Å². The number of rotatable bonds is 9. The highest BCUT2D eigenvalue weighted by atomic mass is 15.2. The monoisotopic (exact) mass is 1500 g/mol. The largest absolute Gasteiger partial charge is 0.310 e. The summed E-state index contributed by atoms with van der Waals surface area (Å²) in [5, 5.41) is 10.2. The van der Waals surface area contributed by atoms with E-state index >= 15 is 0 Å². The zero-order chi connectivity index (χ0) is 80.6. The van der Waals surface area contributed by atoms with Crippen LogP contribution in [-0.4, -0.2) is 11.3 Å². The van der Waals surface area contributed by atoms with Crippen molar-refractivity contribution in [2.45, 2.75) is 157 Å². The number of hydrogen-bond donors (Lipinski definition) is 0. The van der Waals surface area contributed by atoms with E-state index in [2.05, 4.69) is 442 Å². The Morgan fingerprint density at radius 3 is 0.922 bits per heavy atom. The SMILES string of the molecule is CC(C)(C)c1ccc(-c2cc3c4c(c2)N(c2c(-c5ccccc5)cc(C(C)(C)C)cc2-c2ccccc2)c2cc(-n5c6ccc(C(C)(C)C)cc6c6cc(C(C)(C)C)ccc65)ccc2B4c2ccc(-c4cc5ccc6cc(C(C)(C)C)cc7ccc(c4)c5c67)cc2N3c2c(-c3ccccc3)cc(C(C)(C)C)cc2-c2ccccc2)cc1. The molecule has 0 N–H and O–H groups in total. The lowest BCUT2D eigenvalue weighted by Crippen LogP contribution is -2.61. The molecule has 0 amide bonds. The molecule has 4 heteroatoms. The Bertz CT molecular complexity index is 6520. The standard InChI is InChI=1S/C112H104BN3/c1-107(2,3)81-46-43-69(44-47-81)80-60-100-104-101(61-80)116(106-90(72-35-27-21-28-36-72)66-86(112(16,17)18)67-91(106)73-37-29-22-30-38-73)99-68-87(114-96-53-48-82(108(4,5)6)62-92(96)93-63-83(109(7,8)9)49-54-97(93)114)50-52-95(99)113(104)94-51-45-74(79-55-75-39-41-77-57-84(110(10,11)12)58-78-42-40-76(56-79)102(75)103(77)78)59-98(94)115(100)105-88(70-31-23-19-24-32-70)64-85(111(13,14)15)65-89(105)71-33-25-20-26-34-71/h19-68H,1-18H3. The van der Waals surface area contributed by atoms with Gasteiger partial charge in [-0.05, 0) is 250 Å². The highest BCUT2D eigenvalue weighted by Crippen LogP contribution is 2.57. The first-order valence-electron chi connectivity index (χ1n) is 41.9. The van der Waals surface area contributed by atoms with Gasteiger partial charge in [0.15, 0.2) is 0 Å². The number of benzene rings is 16. The van der Waals surface area contributed by atoms with E-state index in [1.807, 2.05) is 0 Å². The van der Waals surface area contributed by atoms with Crippen molar-refractivity contribution in [1.82, 2.24) is 4.57 Å². The van der Waals surface area contributed by atoms with Crippen LogP contribution < -0.4 is 26.2 Å². The topological polar surface area (TPSA) is 11.4 Å². The minimum Gasteiger partial charge on any atom is -0.310 e. The number of hydrogen-bond acceptors (Lipinski definition) is 2. The highest BCUT2D eigenvalue weighted by Gasteiger charge is 2.47. The summed E-state index contributed by atoms with van der Waals surface area (Å²) in [4.78, 5) is 5.51. The second-order valence-corrected chi connectivity index (χ2v) is 39.5. The minimum absolute atomic E-state index is 0.0112. The van der Waals surface area contributed by atoms with Crippen molar-refractivity contribution < 1.29 is 0 Å². The number of anilines is 6. The van der Waals surface area contributed by atoms with Gasteiger partial charge >= 0.3 is 0 Å². The first kappa shape index (κ1) is 74.2. The van der Waals surface area contributed by atoms with Crippen LogP contribution in [0.1, 0.15) is 158 Å². The molecule has 2 aliphatic heterocycles. The van der Waals surface area contributed by atoms with Crippen molar-refractivity contribution in [3.05, 3.63) is 337 Å². The Morgan fingerprint density at radius 2 is 0.543 bits per heavy atom. The minimum atomic E-state index is -0.272. The number of nitrogens with zero attached hydrogens (tertiary/aromatic N) is 3. The van der Waals surface area contributed by atoms with Crippen molar-refractivity contribution in [3.63, 3.8) is 0 Å². The number of fused-ring (bicyclic) bond motifs is 7. The summed E-state index contributed by atoms with van der Waals surface area (Å²) in [7, 11) is 0. The fourth-order valence-electron chi connectivity index (χ4n) is 18.7. The Balaban J connectivity index is 0.990. The van der Waals surface area contributed by atoms with Gasteiger partial charge in [0, 0.05) is 61.5 Å². The average molecular weight is 1500 g/mol. The molecule has 0 saturated carbocycles. The van der Waals surface area contributed by atoms with Gasteiger partial charge in [0.05, 0.1) is 22.4 Å². The second kappa shape index (κ2) is 26.8. The molecule has 0 aliphatic carbocycles. The van der Waals surface area contributed by atoms with Crippen molar-refractivity contribution in [2.24, 2.45) is 0 Å². The lowest BCUT2D eigenvalue weighted by atomic mass is 9.33. The molecule has 1 aromatic heterocycles. The maximum Gasteiger partial charge on any atom is 0.252 e. The molecule has 0 atom stereocenters. The second-order valence-electron chi connectivity index (χ2n) is 39.5. The van der Waals surface area contributed by atoms with Crippen molar-refractivity contribution in [2.75, 3.05) is 9.80 Å². The highest BCUT2D eigenvalue weighted by molar-refractivity contribution is 7.00. The molecule has 3 heterocycles. The van der Waals surface area contributed by atoms with E-state index in [9.17, 15) is 0 Å². The molecule has 0 radical (unpaired) electrons. The summed E-state index contributed by atoms with van der Waals surface area (Å²) >= 11 is 0. The van der Waals surface area contributed by atoms with Gasteiger partial charge < -0.3 is 14.4 Å². The Labute approximate surface area is 687 Å². The van der Waals surface area contributed by atoms with Gasteiger partial charge in [-0.3, -0.25) is 0 Å². The summed E-state index contributed by atoms with van der Waals surface area (Å²) < 4.78 is 2.58. The molecule has 17 aromatic rings. The maximum atomic E-state index is 2.76. The molecule has 116 heavy (non-hydrogen) atoms. The average Bonchev–Trinajstić information content (AvgIpc) is 0.697. The van der Waals surface area contributed by atoms with Crippen molar-refractivity contribution >= 4 is 111 Å². The van der Waals surface area contributed by atoms with Crippen LogP contribution in [0.4, 0.5) is 34.1 Å². The third-order valence-corrected chi connectivity index (χ3v) is 25.4. The molecule has 19 rings (SSSR count). The van der Waals surface area contributed by atoms with Crippen LogP contribution in [0, 0.1) is 0 Å². The van der Waals surface area contributed by atoms with Gasteiger partial charge in [-0.15, -0.1) is 0 Å². The van der Waals surface area contributed by atoms with Crippen LogP contribution in [0.2, 0.25) is 0 Å². The van der Waals surface area contributed by atoms with E-state index in [0.29, 0.717) is 0 Å². The van der Waals surface area contributed by atoms with E-state index in [-0.39, 0.29) is 39.2 Å². The van der Waals surface area contributed by atoms with E-state index in [1.54, 1.807) is 0 Å². The summed E-state index contributed by atoms with van der Waals surface area (Å²) in [6, 6.07) is 119. The molecule has 0 unspecified atom stereocenters. The van der Waals surface area contributed by atoms with E-state index in [1.165, 1.54) is 121 Å². The van der Waals surface area contributed by atoms with Crippen LogP contribution in [0.5, 0.6) is 0 Å². The third kappa shape index (κ3) is 12.6. The van der Waals surface area contributed by atoms with Gasteiger partial charge in [-0.1, -0.05) is 337 Å². The summed E-state index contributed by atoms with van der Waals surface area (Å²) in [5.41, 5.74) is 35.1. The number of aromatic nitrogens is 1. The quantitative estimate of drug-likeness (QED) is 0.105. The molecule has 0 bridgehead atoms. The third-order valence-electron chi connectivity index (χ3n) is 25.4. The van der Waals surface area contributed by atoms with Gasteiger partial charge in [0.25, 0.3) is 6.71 Å². The van der Waals surface area contributed by atoms with Crippen molar-refractivity contribution in [1.29, 1.82) is 0 Å². The van der Waals surface area contributed by atoms with Gasteiger partial charge in [0.1, 0.15) is 0 Å². The summed E-state index contributed by atoms with van der Waals surface area (Å²) in [5.74, 6) is 0. The lowest BCUT2D eigenvalue weighted by Gasteiger charge is -2.46. The molecule has 2 aliphatic rings. The van der Waals surface area contributed by atoms with Gasteiger partial charge in [0.2, 0.25) is 0 Å². The van der Waals surface area contributed by atoms with E-state index in [0.717, 1.165) is 89.9 Å². The van der Waals surface area contributed by atoms with Crippen LogP contribution in [0.15, 0.2) is 303 Å². The molecular weight excluding hydrogens is 1400 g/mol. The first-order valence-corrected chi connectivity index (χ1v) is 41.9. The smallest absolute Gasteiger partial charge is 0.252 e. The van der Waals surface area contributed by atoms with E-state index in [4.69, 9.17) is 0 Å². The molecular formula is C112H104BN3. The van der Waals surface area contributed by atoms with Crippen molar-refractivity contribution in [3.8, 4) is 72.4 Å². The van der Waals surface area contributed by atoms with E-state index < -0.39 is 0 Å². The predicted molar refractivity (Wildman–Crippen MR) is 503 cm³/mol. The molecule has 0 saturated heterocycles. The maximum absolute atomic E-state index is 2.76. The fourth-order valence-corrected chi connectivity index (χ4v) is 18.7. The molecule has 16 aromatic carbocycles. The summed E-state index contributed by atoms with van der Waals surface area (Å²) in [6.45, 7) is 41.9. The van der Waals surface area contributed by atoms with Crippen LogP contribution in [0.3, 0.4) is 0 Å². The Hall–Kier alpha value is -12.0. The zero-order valence-electron chi connectivity index (χ0n) is 70.8. The fraction of sp³-hybridized carbons (Fsp3) is 0.214. The Morgan fingerprint density at radius 1 is 0.224 bits per heavy atom. The van der Waals surface area contributed by atoms with Crippen LogP contribution in [0.25, 0.3) is 127 Å². The van der Waals surface area contributed by atoms with Gasteiger partial charge in [-0.2, -0.15) is 0 Å².